The molecule has 7 heteroatoms. The molecule has 7 nitrogen and oxygen atoms in total. The van der Waals surface area contributed by atoms with Gasteiger partial charge in [-0.05, 0) is 26.5 Å². The van der Waals surface area contributed by atoms with E-state index in [1.165, 1.54) is 18.2 Å². The summed E-state index contributed by atoms with van der Waals surface area (Å²) in [6.07, 6.45) is -0.209. The average molecular weight is 296 g/mol. The number of hydrogen-bond donors (Lipinski definition) is 1. The van der Waals surface area contributed by atoms with E-state index >= 15 is 0 Å². The van der Waals surface area contributed by atoms with Crippen LogP contribution in [0.25, 0.3) is 0 Å². The fourth-order valence-electron chi connectivity index (χ4n) is 1.65. The molecule has 0 heterocycles. The zero-order chi connectivity index (χ0) is 15.8. The maximum absolute atomic E-state index is 11.5. The standard InChI is InChI=1S/C14H20N2O5/c1-4-15-8-11-7-12(16(18)19)5-6-13(11)20-9-14(17)21-10(2)3/h5-7,10,15H,4,8-9H2,1-3H3. The summed E-state index contributed by atoms with van der Waals surface area (Å²) < 4.78 is 10.4. The molecule has 0 spiro atoms. The number of non-ortho nitro benzene ring substituents is 1. The molecule has 1 rings (SSSR count). The van der Waals surface area contributed by atoms with Crippen molar-refractivity contribution >= 4 is 11.7 Å². The first-order valence-electron chi connectivity index (χ1n) is 6.74. The lowest BCUT2D eigenvalue weighted by atomic mass is 10.1. The van der Waals surface area contributed by atoms with Crippen LogP contribution in [0.3, 0.4) is 0 Å². The van der Waals surface area contributed by atoms with E-state index in [1.54, 1.807) is 13.8 Å². The van der Waals surface area contributed by atoms with Crippen molar-refractivity contribution in [2.24, 2.45) is 0 Å². The molecular formula is C14H20N2O5. The first-order valence-corrected chi connectivity index (χ1v) is 6.74. The molecule has 0 amide bonds. The Hall–Kier alpha value is -2.15. The minimum atomic E-state index is -0.474. The molecule has 0 aliphatic heterocycles. The van der Waals surface area contributed by atoms with Gasteiger partial charge in [0.15, 0.2) is 6.61 Å². The van der Waals surface area contributed by atoms with Gasteiger partial charge in [-0.15, -0.1) is 0 Å². The number of nitro benzene ring substituents is 1. The molecule has 0 atom stereocenters. The Labute approximate surface area is 123 Å². The Morgan fingerprint density at radius 2 is 2.14 bits per heavy atom. The fraction of sp³-hybridized carbons (Fsp3) is 0.500. The van der Waals surface area contributed by atoms with E-state index in [0.29, 0.717) is 17.9 Å². The summed E-state index contributed by atoms with van der Waals surface area (Å²) in [4.78, 5) is 21.8. The van der Waals surface area contributed by atoms with E-state index < -0.39 is 10.9 Å². The van der Waals surface area contributed by atoms with Gasteiger partial charge in [-0.3, -0.25) is 10.1 Å². The molecule has 0 aromatic heterocycles. The topological polar surface area (TPSA) is 90.7 Å². The number of nitrogens with one attached hydrogen (secondary N) is 1. The number of nitro groups is 1. The van der Waals surface area contributed by atoms with E-state index in [1.807, 2.05) is 6.92 Å². The molecule has 21 heavy (non-hydrogen) atoms. The van der Waals surface area contributed by atoms with Crippen LogP contribution in [-0.2, 0) is 16.1 Å². The molecule has 0 fully saturated rings. The summed E-state index contributed by atoms with van der Waals surface area (Å²) in [5.74, 6) is -0.0417. The molecule has 0 bridgehead atoms. The van der Waals surface area contributed by atoms with Gasteiger partial charge in [0.05, 0.1) is 11.0 Å². The summed E-state index contributed by atoms with van der Waals surface area (Å²) in [5.41, 5.74) is 0.614. The highest BCUT2D eigenvalue weighted by molar-refractivity contribution is 5.71. The van der Waals surface area contributed by atoms with E-state index in [4.69, 9.17) is 9.47 Å². The SMILES string of the molecule is CCNCc1cc([N+](=O)[O-])ccc1OCC(=O)OC(C)C. The zero-order valence-electron chi connectivity index (χ0n) is 12.4. The molecule has 1 N–H and O–H groups in total. The van der Waals surface area contributed by atoms with Gasteiger partial charge >= 0.3 is 5.97 Å². The zero-order valence-corrected chi connectivity index (χ0v) is 12.4. The van der Waals surface area contributed by atoms with Crippen molar-refractivity contribution in [2.75, 3.05) is 13.2 Å². The Kier molecular flexibility index (Phi) is 6.61. The number of benzene rings is 1. The molecule has 1 aromatic rings. The van der Waals surface area contributed by atoms with Gasteiger partial charge < -0.3 is 14.8 Å². The van der Waals surface area contributed by atoms with E-state index in [0.717, 1.165) is 6.54 Å². The third-order valence-electron chi connectivity index (χ3n) is 2.53. The molecule has 0 aliphatic rings. The lowest BCUT2D eigenvalue weighted by molar-refractivity contribution is -0.384. The quantitative estimate of drug-likeness (QED) is 0.448. The van der Waals surface area contributed by atoms with Crippen LogP contribution in [0.15, 0.2) is 18.2 Å². The summed E-state index contributed by atoms with van der Waals surface area (Å²) in [6.45, 7) is 6.35. The van der Waals surface area contributed by atoms with Gasteiger partial charge in [-0.2, -0.15) is 0 Å². The van der Waals surface area contributed by atoms with Crippen LogP contribution in [0.5, 0.6) is 5.75 Å². The first kappa shape index (κ1) is 16.9. The maximum atomic E-state index is 11.5. The Balaban J connectivity index is 2.79. The fourth-order valence-corrected chi connectivity index (χ4v) is 1.65. The van der Waals surface area contributed by atoms with Crippen molar-refractivity contribution in [2.45, 2.75) is 33.4 Å². The number of rotatable bonds is 8. The molecular weight excluding hydrogens is 276 g/mol. The number of carbonyl (C=O) groups is 1. The number of nitrogens with zero attached hydrogens (tertiary/aromatic N) is 1. The summed E-state index contributed by atoms with van der Waals surface area (Å²) in [7, 11) is 0. The third-order valence-corrected chi connectivity index (χ3v) is 2.53. The van der Waals surface area contributed by atoms with Crippen molar-refractivity contribution in [1.82, 2.24) is 5.32 Å². The highest BCUT2D eigenvalue weighted by atomic mass is 16.6. The molecule has 0 aliphatic carbocycles. The van der Waals surface area contributed by atoms with E-state index in [-0.39, 0.29) is 18.4 Å². The lowest BCUT2D eigenvalue weighted by Gasteiger charge is -2.12. The van der Waals surface area contributed by atoms with E-state index in [2.05, 4.69) is 5.32 Å². The minimum Gasteiger partial charge on any atom is -0.482 e. The number of esters is 1. The van der Waals surface area contributed by atoms with Crippen LogP contribution < -0.4 is 10.1 Å². The van der Waals surface area contributed by atoms with Gasteiger partial charge in [0, 0.05) is 24.2 Å². The van der Waals surface area contributed by atoms with Crippen molar-refractivity contribution in [3.8, 4) is 5.75 Å². The Morgan fingerprint density at radius 3 is 2.71 bits per heavy atom. The number of ether oxygens (including phenoxy) is 2. The highest BCUT2D eigenvalue weighted by Gasteiger charge is 2.13. The van der Waals surface area contributed by atoms with Gasteiger partial charge in [-0.1, -0.05) is 6.92 Å². The van der Waals surface area contributed by atoms with Crippen LogP contribution in [0.1, 0.15) is 26.3 Å². The smallest absolute Gasteiger partial charge is 0.344 e. The van der Waals surface area contributed by atoms with Gasteiger partial charge in [0.1, 0.15) is 5.75 Å². The van der Waals surface area contributed by atoms with Gasteiger partial charge in [0.25, 0.3) is 5.69 Å². The second-order valence-electron chi connectivity index (χ2n) is 4.66. The first-order chi connectivity index (χ1) is 9.93. The monoisotopic (exact) mass is 296 g/mol. The van der Waals surface area contributed by atoms with Crippen LogP contribution in [0, 0.1) is 10.1 Å². The largest absolute Gasteiger partial charge is 0.482 e. The number of carbonyl (C=O) groups excluding carboxylic acids is 1. The highest BCUT2D eigenvalue weighted by Crippen LogP contribution is 2.24. The maximum Gasteiger partial charge on any atom is 0.344 e. The summed E-state index contributed by atoms with van der Waals surface area (Å²) >= 11 is 0. The van der Waals surface area contributed by atoms with E-state index in [9.17, 15) is 14.9 Å². The minimum absolute atomic E-state index is 0.0139. The Bertz CT molecular complexity index is 502. The summed E-state index contributed by atoms with van der Waals surface area (Å²) in [5, 5.41) is 13.9. The van der Waals surface area contributed by atoms with Crippen LogP contribution in [0.4, 0.5) is 5.69 Å². The van der Waals surface area contributed by atoms with Crippen LogP contribution >= 0.6 is 0 Å². The molecule has 1 aromatic carbocycles. The molecule has 0 saturated carbocycles. The molecule has 0 unspecified atom stereocenters. The second-order valence-corrected chi connectivity index (χ2v) is 4.66. The predicted octanol–water partition coefficient (Wildman–Crippen LogP) is 2.03. The summed E-state index contributed by atoms with van der Waals surface area (Å²) in [6, 6.07) is 4.28. The number of hydrogen-bond acceptors (Lipinski definition) is 6. The second kappa shape index (κ2) is 8.21. The van der Waals surface area contributed by atoms with Crippen LogP contribution in [0.2, 0.25) is 0 Å². The lowest BCUT2D eigenvalue weighted by Crippen LogP contribution is -2.20. The third kappa shape index (κ3) is 5.78. The predicted molar refractivity (Wildman–Crippen MR) is 77.2 cm³/mol. The molecule has 0 saturated heterocycles. The van der Waals surface area contributed by atoms with Crippen molar-refractivity contribution < 1.29 is 19.2 Å². The van der Waals surface area contributed by atoms with Crippen molar-refractivity contribution in [3.63, 3.8) is 0 Å². The van der Waals surface area contributed by atoms with Gasteiger partial charge in [0.2, 0.25) is 0 Å². The average Bonchev–Trinajstić information content (AvgIpc) is 2.42. The van der Waals surface area contributed by atoms with Gasteiger partial charge in [-0.25, -0.2) is 4.79 Å². The molecule has 0 radical (unpaired) electrons. The molecule has 116 valence electrons. The van der Waals surface area contributed by atoms with Crippen molar-refractivity contribution in [1.29, 1.82) is 0 Å². The van der Waals surface area contributed by atoms with Crippen LogP contribution in [-0.4, -0.2) is 30.1 Å². The normalized spacial score (nSPS) is 10.5. The Morgan fingerprint density at radius 1 is 1.43 bits per heavy atom. The van der Waals surface area contributed by atoms with Crippen molar-refractivity contribution in [3.05, 3.63) is 33.9 Å².